The van der Waals surface area contributed by atoms with E-state index in [2.05, 4.69) is 20.5 Å². The van der Waals surface area contributed by atoms with Crippen molar-refractivity contribution < 1.29 is 57.0 Å². The van der Waals surface area contributed by atoms with E-state index in [-0.39, 0.29) is 43.5 Å². The van der Waals surface area contributed by atoms with Gasteiger partial charge in [0.2, 0.25) is 0 Å². The first-order chi connectivity index (χ1) is 24.1. The van der Waals surface area contributed by atoms with Gasteiger partial charge in [0.1, 0.15) is 20.4 Å². The maximum Gasteiger partial charge on any atom is 0.297 e. The van der Waals surface area contributed by atoms with Crippen LogP contribution in [0.5, 0.6) is 5.75 Å². The zero-order chi connectivity index (χ0) is 38.0. The summed E-state index contributed by atoms with van der Waals surface area (Å²) in [5, 5.41) is 27.0. The largest absolute Gasteiger partial charge is 0.505 e. The fraction of sp³-hybridized carbons (Fsp3) is 0. The van der Waals surface area contributed by atoms with E-state index in [0.29, 0.717) is 11.5 Å². The Bertz CT molecular complexity index is 3040. The van der Waals surface area contributed by atoms with Crippen LogP contribution in [0, 0.1) is 0 Å². The number of hydrogen-bond acceptors (Lipinski definition) is 14. The first-order valence-electron chi connectivity index (χ1n) is 14.1. The third kappa shape index (κ3) is 6.91. The van der Waals surface area contributed by atoms with Crippen molar-refractivity contribution in [1.29, 1.82) is 0 Å². The molecule has 6 aromatic carbocycles. The number of fused-ring (bicyclic) bond motifs is 3. The van der Waals surface area contributed by atoms with Crippen molar-refractivity contribution in [2.75, 3.05) is 5.73 Å². The number of anilines is 1. The molecule has 268 valence electrons. The summed E-state index contributed by atoms with van der Waals surface area (Å²) in [6.07, 6.45) is 0. The molecule has 18 nitrogen and oxygen atoms in total. The molecular weight excluding hydrogens is 767 g/mol. The average molecular weight is 788 g/mol. The molecule has 0 unspecified atom stereocenters. The Labute approximate surface area is 293 Å². The Morgan fingerprint density at radius 1 is 0.500 bits per heavy atom. The molecule has 7 N–H and O–H groups in total. The van der Waals surface area contributed by atoms with E-state index in [4.69, 9.17) is 5.73 Å². The molecule has 0 aromatic heterocycles. The summed E-state index contributed by atoms with van der Waals surface area (Å²) in [6.45, 7) is 0. The van der Waals surface area contributed by atoms with Crippen LogP contribution >= 0.6 is 0 Å². The van der Waals surface area contributed by atoms with Gasteiger partial charge in [-0.1, -0.05) is 24.3 Å². The second-order valence-electron chi connectivity index (χ2n) is 10.9. The van der Waals surface area contributed by atoms with E-state index in [1.54, 1.807) is 6.07 Å². The standard InChI is InChI=1S/C30H21N5O13S4/c31-23-9-8-20-22(30(23)52(46,47)48)14-27(51(43,44)45)28(29(20)36)35-34-25-11-10-24(19-7-5-17(13-21(19)25)49(37,38)39)33-32-16-4-6-18-15(12-16)2-1-3-26(18)50(40,41)42/h1-14,36H,31H2,(H,37,38,39)(H,40,41,42)(H,43,44,45)(H,46,47,48)/b33-32+,35-34+. The summed E-state index contributed by atoms with van der Waals surface area (Å²) in [7, 11) is -19.6. The molecule has 22 heteroatoms. The lowest BCUT2D eigenvalue weighted by atomic mass is 10.1. The highest BCUT2D eigenvalue weighted by molar-refractivity contribution is 7.87. The summed E-state index contributed by atoms with van der Waals surface area (Å²) in [4.78, 5) is -2.98. The predicted octanol–water partition coefficient (Wildman–Crippen LogP) is 6.25. The van der Waals surface area contributed by atoms with Crippen molar-refractivity contribution in [3.8, 4) is 5.75 Å². The molecule has 0 bridgehead atoms. The number of nitrogens with zero attached hydrogens (tertiary/aromatic N) is 4. The van der Waals surface area contributed by atoms with Crippen LogP contribution in [-0.2, 0) is 40.5 Å². The minimum absolute atomic E-state index is 0.0400. The molecule has 0 fully saturated rings. The molecule has 0 aliphatic heterocycles. The number of aromatic hydroxyl groups is 1. The number of phenols is 1. The van der Waals surface area contributed by atoms with Crippen molar-refractivity contribution in [3.05, 3.63) is 84.9 Å². The van der Waals surface area contributed by atoms with Crippen molar-refractivity contribution >= 4 is 101 Å². The number of azo groups is 2. The first-order valence-corrected chi connectivity index (χ1v) is 19.8. The van der Waals surface area contributed by atoms with Gasteiger partial charge in [-0.05, 0) is 66.0 Å². The number of benzene rings is 6. The van der Waals surface area contributed by atoms with E-state index in [1.807, 2.05) is 0 Å². The van der Waals surface area contributed by atoms with Gasteiger partial charge >= 0.3 is 0 Å². The number of phenolic OH excluding ortho intramolecular Hbond substituents is 1. The van der Waals surface area contributed by atoms with Gasteiger partial charge in [-0.25, -0.2) is 0 Å². The Balaban J connectivity index is 1.51. The number of hydrogen-bond donors (Lipinski definition) is 6. The lowest BCUT2D eigenvalue weighted by Gasteiger charge is -2.12. The van der Waals surface area contributed by atoms with Crippen LogP contribution in [0.2, 0.25) is 0 Å². The molecule has 0 aliphatic rings. The van der Waals surface area contributed by atoms with Gasteiger partial charge < -0.3 is 10.8 Å². The predicted molar refractivity (Wildman–Crippen MR) is 186 cm³/mol. The minimum atomic E-state index is -5.27. The van der Waals surface area contributed by atoms with Crippen LogP contribution in [0.1, 0.15) is 0 Å². The van der Waals surface area contributed by atoms with Crippen LogP contribution in [0.15, 0.2) is 125 Å². The highest BCUT2D eigenvalue weighted by Crippen LogP contribution is 2.45. The monoisotopic (exact) mass is 787 g/mol. The average Bonchev–Trinajstić information content (AvgIpc) is 3.04. The van der Waals surface area contributed by atoms with Gasteiger partial charge in [0, 0.05) is 26.9 Å². The summed E-state index contributed by atoms with van der Waals surface area (Å²) in [6, 6.07) is 17.2. The minimum Gasteiger partial charge on any atom is -0.505 e. The molecule has 0 saturated heterocycles. The van der Waals surface area contributed by atoms with E-state index < -0.39 is 77.7 Å². The topological polar surface area (TPSA) is 313 Å². The Morgan fingerprint density at radius 3 is 1.75 bits per heavy atom. The molecule has 0 spiro atoms. The van der Waals surface area contributed by atoms with E-state index in [9.17, 15) is 57.0 Å². The summed E-state index contributed by atoms with van der Waals surface area (Å²) < 4.78 is 135. The molecule has 6 rings (SSSR count). The molecule has 0 heterocycles. The molecular formula is C30H21N5O13S4. The van der Waals surface area contributed by atoms with E-state index in [1.165, 1.54) is 48.5 Å². The summed E-state index contributed by atoms with van der Waals surface area (Å²) in [5.74, 6) is -0.994. The SMILES string of the molecule is Nc1ccc2c(O)c(/N=N/c3ccc(/N=N/c4ccc5c(S(=O)(=O)O)cccc5c4)c4ccc(S(=O)(=O)O)cc34)c(S(=O)(=O)O)cc2c1S(=O)(=O)O. The second-order valence-corrected chi connectivity index (χ2v) is 16.5. The molecule has 0 radical (unpaired) electrons. The van der Waals surface area contributed by atoms with Gasteiger partial charge in [0.05, 0.1) is 27.6 Å². The van der Waals surface area contributed by atoms with Crippen LogP contribution in [0.25, 0.3) is 32.3 Å². The smallest absolute Gasteiger partial charge is 0.297 e. The van der Waals surface area contributed by atoms with Crippen LogP contribution in [0.3, 0.4) is 0 Å². The Morgan fingerprint density at radius 2 is 1.12 bits per heavy atom. The highest BCUT2D eigenvalue weighted by Gasteiger charge is 2.27. The normalized spacial score (nSPS) is 13.2. The summed E-state index contributed by atoms with van der Waals surface area (Å²) >= 11 is 0. The van der Waals surface area contributed by atoms with Gasteiger partial charge in [-0.15, -0.1) is 15.3 Å². The van der Waals surface area contributed by atoms with Crippen LogP contribution < -0.4 is 5.73 Å². The molecule has 0 atom stereocenters. The maximum absolute atomic E-state index is 12.4. The maximum atomic E-state index is 12.4. The number of rotatable bonds is 8. The van der Waals surface area contributed by atoms with E-state index >= 15 is 0 Å². The Hall–Kier alpha value is -5.46. The molecule has 6 aromatic rings. The lowest BCUT2D eigenvalue weighted by Crippen LogP contribution is -2.06. The van der Waals surface area contributed by atoms with Gasteiger partial charge in [-0.2, -0.15) is 38.8 Å². The third-order valence-corrected chi connectivity index (χ3v) is 11.2. The number of nitrogens with two attached hydrogens (primary N) is 1. The van der Waals surface area contributed by atoms with Crippen molar-refractivity contribution in [2.45, 2.75) is 19.6 Å². The Kier molecular flexibility index (Phi) is 8.83. The van der Waals surface area contributed by atoms with Crippen molar-refractivity contribution in [3.63, 3.8) is 0 Å². The highest BCUT2D eigenvalue weighted by atomic mass is 32.2. The lowest BCUT2D eigenvalue weighted by molar-refractivity contribution is 0.471. The quantitative estimate of drug-likeness (QED) is 0.0564. The molecule has 0 aliphatic carbocycles. The fourth-order valence-corrected chi connectivity index (χ4v) is 8.05. The van der Waals surface area contributed by atoms with Gasteiger partial charge in [0.25, 0.3) is 40.5 Å². The third-order valence-electron chi connectivity index (χ3n) is 7.62. The molecule has 0 saturated carbocycles. The molecule has 52 heavy (non-hydrogen) atoms. The zero-order valence-electron chi connectivity index (χ0n) is 25.6. The van der Waals surface area contributed by atoms with Crippen LogP contribution in [0.4, 0.5) is 28.4 Å². The second kappa shape index (κ2) is 12.6. The van der Waals surface area contributed by atoms with Crippen molar-refractivity contribution in [1.82, 2.24) is 0 Å². The molecule has 0 amide bonds. The van der Waals surface area contributed by atoms with Gasteiger partial charge in [0.15, 0.2) is 5.75 Å². The fourth-order valence-electron chi connectivity index (χ4n) is 5.37. The van der Waals surface area contributed by atoms with Gasteiger partial charge in [-0.3, -0.25) is 18.2 Å². The zero-order valence-corrected chi connectivity index (χ0v) is 28.9. The first kappa shape index (κ1) is 36.3. The number of nitrogen functional groups attached to an aromatic ring is 1. The van der Waals surface area contributed by atoms with Crippen LogP contribution in [-0.4, -0.2) is 57.0 Å². The van der Waals surface area contributed by atoms with E-state index in [0.717, 1.165) is 24.3 Å². The summed E-state index contributed by atoms with van der Waals surface area (Å²) in [5.41, 5.74) is 4.48. The van der Waals surface area contributed by atoms with Crippen molar-refractivity contribution in [2.24, 2.45) is 20.5 Å².